The third kappa shape index (κ3) is 4.24. The molecule has 146 valence electrons. The Morgan fingerprint density at radius 2 is 2.11 bits per heavy atom. The quantitative estimate of drug-likeness (QED) is 0.547. The zero-order valence-corrected chi connectivity index (χ0v) is 16.8. The first-order valence-electron chi connectivity index (χ1n) is 8.39. The lowest BCUT2D eigenvalue weighted by molar-refractivity contribution is -0.138. The fourth-order valence-electron chi connectivity index (χ4n) is 2.98. The van der Waals surface area contributed by atoms with E-state index in [1.54, 1.807) is 20.8 Å². The molecule has 8 nitrogen and oxygen atoms in total. The van der Waals surface area contributed by atoms with E-state index in [4.69, 9.17) is 20.9 Å². The Kier molecular flexibility index (Phi) is 5.43. The predicted molar refractivity (Wildman–Crippen MR) is 99.1 cm³/mol. The van der Waals surface area contributed by atoms with Gasteiger partial charge in [0.25, 0.3) is 0 Å². The van der Waals surface area contributed by atoms with Crippen molar-refractivity contribution in [1.82, 2.24) is 14.9 Å². The third-order valence-corrected chi connectivity index (χ3v) is 6.68. The molecule has 2 aromatic rings. The van der Waals surface area contributed by atoms with Crippen molar-refractivity contribution in [3.05, 3.63) is 39.5 Å². The normalized spacial score (nSPS) is 19.0. The van der Waals surface area contributed by atoms with E-state index in [-0.39, 0.29) is 24.2 Å². The van der Waals surface area contributed by atoms with Crippen molar-refractivity contribution in [2.75, 3.05) is 11.5 Å². The number of hydrogen-bond acceptors (Lipinski definition) is 7. The number of carbonyl (C=O) groups excluding carboxylic acids is 1. The maximum Gasteiger partial charge on any atom is 0.331 e. The molecule has 3 rings (SSSR count). The largest absolute Gasteiger partial charge is 0.457 e. The maximum absolute atomic E-state index is 12.0. The molecule has 0 saturated carbocycles. The van der Waals surface area contributed by atoms with Crippen LogP contribution in [-0.2, 0) is 26.0 Å². The molecule has 0 bridgehead atoms. The molecule has 1 unspecified atom stereocenters. The SMILES string of the molecule is Cc1nn(C2CCS(=O)(=O)C2)c(Cl)c1C=CC(=O)OCc1c(C)noc1C. The lowest BCUT2D eigenvalue weighted by Gasteiger charge is -2.09. The number of hydrogen-bond donors (Lipinski definition) is 0. The van der Waals surface area contributed by atoms with Gasteiger partial charge in [0.1, 0.15) is 17.5 Å². The van der Waals surface area contributed by atoms with E-state index in [2.05, 4.69) is 10.3 Å². The van der Waals surface area contributed by atoms with Crippen molar-refractivity contribution in [1.29, 1.82) is 0 Å². The van der Waals surface area contributed by atoms with Crippen molar-refractivity contribution in [2.45, 2.75) is 39.8 Å². The third-order valence-electron chi connectivity index (χ3n) is 4.55. The minimum absolute atomic E-state index is 0.0243. The van der Waals surface area contributed by atoms with Crippen LogP contribution in [0.15, 0.2) is 10.6 Å². The Bertz CT molecular complexity index is 987. The smallest absolute Gasteiger partial charge is 0.331 e. The number of ether oxygens (including phenoxy) is 1. The van der Waals surface area contributed by atoms with Gasteiger partial charge in [-0.05, 0) is 33.3 Å². The Balaban J connectivity index is 1.69. The van der Waals surface area contributed by atoms with Crippen LogP contribution in [0.25, 0.3) is 6.08 Å². The summed E-state index contributed by atoms with van der Waals surface area (Å²) in [4.78, 5) is 12.0. The Hall–Kier alpha value is -2.13. The number of halogens is 1. The van der Waals surface area contributed by atoms with Crippen molar-refractivity contribution < 1.29 is 22.5 Å². The number of carbonyl (C=O) groups is 1. The van der Waals surface area contributed by atoms with Crippen LogP contribution < -0.4 is 0 Å². The van der Waals surface area contributed by atoms with Crippen molar-refractivity contribution in [3.63, 3.8) is 0 Å². The number of nitrogens with zero attached hydrogens (tertiary/aromatic N) is 3. The molecule has 27 heavy (non-hydrogen) atoms. The van der Waals surface area contributed by atoms with E-state index in [1.807, 2.05) is 0 Å². The van der Waals surface area contributed by atoms with Crippen LogP contribution in [0.3, 0.4) is 0 Å². The van der Waals surface area contributed by atoms with Gasteiger partial charge in [-0.15, -0.1) is 0 Å². The van der Waals surface area contributed by atoms with E-state index < -0.39 is 15.8 Å². The van der Waals surface area contributed by atoms with Crippen molar-refractivity contribution >= 4 is 33.5 Å². The summed E-state index contributed by atoms with van der Waals surface area (Å²) in [6, 6.07) is -0.283. The van der Waals surface area contributed by atoms with Gasteiger partial charge in [-0.25, -0.2) is 17.9 Å². The molecule has 2 aromatic heterocycles. The first-order chi connectivity index (χ1) is 12.7. The Morgan fingerprint density at radius 3 is 2.70 bits per heavy atom. The van der Waals surface area contributed by atoms with Crippen molar-refractivity contribution in [3.8, 4) is 0 Å². The van der Waals surface area contributed by atoms with Gasteiger partial charge in [-0.1, -0.05) is 16.8 Å². The van der Waals surface area contributed by atoms with Crippen LogP contribution in [-0.4, -0.2) is 40.8 Å². The zero-order chi connectivity index (χ0) is 19.8. The summed E-state index contributed by atoms with van der Waals surface area (Å²) in [5.74, 6) is 0.223. The van der Waals surface area contributed by atoms with Gasteiger partial charge in [-0.3, -0.25) is 0 Å². The van der Waals surface area contributed by atoms with E-state index >= 15 is 0 Å². The molecule has 1 saturated heterocycles. The molecule has 0 radical (unpaired) electrons. The minimum atomic E-state index is -3.05. The predicted octanol–water partition coefficient (Wildman–Crippen LogP) is 2.57. The number of rotatable bonds is 5. The monoisotopic (exact) mass is 413 g/mol. The fourth-order valence-corrected chi connectivity index (χ4v) is 5.05. The highest BCUT2D eigenvalue weighted by Crippen LogP contribution is 2.30. The highest BCUT2D eigenvalue weighted by molar-refractivity contribution is 7.91. The molecule has 0 aromatic carbocycles. The topological polar surface area (TPSA) is 104 Å². The van der Waals surface area contributed by atoms with Crippen LogP contribution in [0.2, 0.25) is 5.15 Å². The summed E-state index contributed by atoms with van der Waals surface area (Å²) in [7, 11) is -3.05. The summed E-state index contributed by atoms with van der Waals surface area (Å²) in [6.45, 7) is 5.34. The summed E-state index contributed by atoms with van der Waals surface area (Å²) < 4.78 is 35.1. The second kappa shape index (κ2) is 7.47. The maximum atomic E-state index is 12.0. The second-order valence-corrected chi connectivity index (χ2v) is 9.12. The summed E-state index contributed by atoms with van der Waals surface area (Å²) in [5, 5.41) is 8.46. The number of sulfone groups is 1. The van der Waals surface area contributed by atoms with Gasteiger partial charge in [0, 0.05) is 11.6 Å². The highest BCUT2D eigenvalue weighted by Gasteiger charge is 2.31. The Labute approximate surface area is 162 Å². The van der Waals surface area contributed by atoms with Crippen LogP contribution >= 0.6 is 11.6 Å². The summed E-state index contributed by atoms with van der Waals surface area (Å²) in [5.41, 5.74) is 2.59. The van der Waals surface area contributed by atoms with Crippen LogP contribution in [0.1, 0.15) is 40.7 Å². The molecule has 0 amide bonds. The molecule has 1 atom stereocenters. The average Bonchev–Trinajstić information content (AvgIpc) is 3.21. The second-order valence-electron chi connectivity index (χ2n) is 6.54. The first-order valence-corrected chi connectivity index (χ1v) is 10.6. The van der Waals surface area contributed by atoms with E-state index in [1.165, 1.54) is 16.8 Å². The van der Waals surface area contributed by atoms with Gasteiger partial charge < -0.3 is 9.26 Å². The Morgan fingerprint density at radius 1 is 1.37 bits per heavy atom. The lowest BCUT2D eigenvalue weighted by atomic mass is 10.2. The lowest BCUT2D eigenvalue weighted by Crippen LogP contribution is -2.12. The summed E-state index contributed by atoms with van der Waals surface area (Å²) in [6.07, 6.45) is 3.27. The molecular weight excluding hydrogens is 394 g/mol. The molecular formula is C17H20ClN3O5S. The van der Waals surface area contributed by atoms with Gasteiger partial charge in [0.2, 0.25) is 0 Å². The fraction of sp³-hybridized carbons (Fsp3) is 0.471. The van der Waals surface area contributed by atoms with Crippen LogP contribution in [0.5, 0.6) is 0 Å². The van der Waals surface area contributed by atoms with E-state index in [0.29, 0.717) is 34.3 Å². The highest BCUT2D eigenvalue weighted by atomic mass is 35.5. The van der Waals surface area contributed by atoms with Gasteiger partial charge in [-0.2, -0.15) is 5.10 Å². The average molecular weight is 414 g/mol. The van der Waals surface area contributed by atoms with Gasteiger partial charge in [0.05, 0.1) is 34.5 Å². The van der Waals surface area contributed by atoms with Gasteiger partial charge >= 0.3 is 5.97 Å². The molecule has 1 aliphatic heterocycles. The molecule has 1 fully saturated rings. The molecule has 0 N–H and O–H groups in total. The minimum Gasteiger partial charge on any atom is -0.457 e. The molecule has 0 spiro atoms. The van der Waals surface area contributed by atoms with Crippen molar-refractivity contribution in [2.24, 2.45) is 0 Å². The molecule has 0 aliphatic carbocycles. The molecule has 10 heteroatoms. The summed E-state index contributed by atoms with van der Waals surface area (Å²) >= 11 is 6.37. The van der Waals surface area contributed by atoms with Crippen LogP contribution in [0, 0.1) is 20.8 Å². The molecule has 1 aliphatic rings. The van der Waals surface area contributed by atoms with Crippen LogP contribution in [0.4, 0.5) is 0 Å². The number of esters is 1. The zero-order valence-electron chi connectivity index (χ0n) is 15.2. The number of aromatic nitrogens is 3. The molecule has 3 heterocycles. The first kappa shape index (κ1) is 19.6. The van der Waals surface area contributed by atoms with Gasteiger partial charge in [0.15, 0.2) is 9.84 Å². The number of aryl methyl sites for hydroxylation is 3. The van der Waals surface area contributed by atoms with E-state index in [9.17, 15) is 13.2 Å². The van der Waals surface area contributed by atoms with E-state index in [0.717, 1.165) is 5.56 Å². The standard InChI is InChI=1S/C17H20ClN3O5S/c1-10-14(17(18)21(19-10)13-6-7-27(23,24)9-13)4-5-16(22)25-8-15-11(2)20-26-12(15)3/h4-5,13H,6-9H2,1-3H3.